The van der Waals surface area contributed by atoms with Crippen molar-refractivity contribution in [2.24, 2.45) is 50.2 Å². The van der Waals surface area contributed by atoms with Crippen LogP contribution in [0, 0.1) is 50.2 Å². The van der Waals surface area contributed by atoms with Gasteiger partial charge in [0.2, 0.25) is 0 Å². The minimum atomic E-state index is -1.18. The van der Waals surface area contributed by atoms with Gasteiger partial charge in [-0.05, 0) is 84.9 Å². The molecule has 4 saturated carbocycles. The predicted octanol–water partition coefficient (Wildman–Crippen LogP) is 3.12. The van der Waals surface area contributed by atoms with E-state index in [4.69, 9.17) is 0 Å². The quantitative estimate of drug-likeness (QED) is 0.314. The van der Waals surface area contributed by atoms with Crippen LogP contribution in [0.4, 0.5) is 0 Å². The van der Waals surface area contributed by atoms with Crippen LogP contribution in [0.2, 0.25) is 0 Å². The Balaban J connectivity index is 1.64. The Bertz CT molecular complexity index is 986. The molecule has 0 radical (unpaired) electrons. The van der Waals surface area contributed by atoms with Gasteiger partial charge in [-0.15, -0.1) is 0 Å². The van der Waals surface area contributed by atoms with E-state index in [2.05, 4.69) is 26.8 Å². The number of aliphatic hydroxyl groups excluding tert-OH is 5. The highest BCUT2D eigenvalue weighted by atomic mass is 16.4. The number of rotatable bonds is 3. The summed E-state index contributed by atoms with van der Waals surface area (Å²) in [7, 11) is 0. The van der Waals surface area contributed by atoms with Crippen LogP contribution in [0.5, 0.6) is 0 Å². The summed E-state index contributed by atoms with van der Waals surface area (Å²) in [5.74, 6) is -1.24. The van der Waals surface area contributed by atoms with E-state index in [1.165, 1.54) is 0 Å². The molecule has 0 saturated heterocycles. The van der Waals surface area contributed by atoms with Crippen molar-refractivity contribution in [3.63, 3.8) is 0 Å². The molecule has 7 heteroatoms. The smallest absolute Gasteiger partial charge is 0.310 e. The van der Waals surface area contributed by atoms with Crippen LogP contribution in [-0.4, -0.2) is 68.1 Å². The third kappa shape index (κ3) is 3.15. The molecular formula is C30H48O7. The molecule has 0 aliphatic heterocycles. The lowest BCUT2D eigenvalue weighted by Crippen LogP contribution is -2.70. The molecule has 0 unspecified atom stereocenters. The average molecular weight is 521 g/mol. The fraction of sp³-hybridized carbons (Fsp3) is 0.900. The lowest BCUT2D eigenvalue weighted by molar-refractivity contribution is -0.258. The number of allylic oxidation sites excluding steroid dienone is 1. The van der Waals surface area contributed by atoms with Crippen molar-refractivity contribution in [2.45, 2.75) is 104 Å². The first kappa shape index (κ1) is 27.6. The van der Waals surface area contributed by atoms with Gasteiger partial charge in [-0.1, -0.05) is 46.3 Å². The Kier molecular flexibility index (Phi) is 6.16. The van der Waals surface area contributed by atoms with Gasteiger partial charge in [0, 0.05) is 11.3 Å². The van der Waals surface area contributed by atoms with Crippen molar-refractivity contribution in [3.05, 3.63) is 11.6 Å². The standard InChI is InChI=1S/C30H48O7/c1-25(2)10-12-29(24(36)37)13-11-27(4)17(21(29)23(25)35)6-7-19-26(3)14-18(33)22(34)30(15-31,16-32)20(26)8-9-28(19,27)5/h6,18-23,31-35H,7-16H2,1-5H3,(H,36,37)/t18-,19-,20-,21-,22+,23+,26-,27-,28-,29+/m1/s1. The maximum Gasteiger partial charge on any atom is 0.310 e. The minimum absolute atomic E-state index is 0.123. The summed E-state index contributed by atoms with van der Waals surface area (Å²) < 4.78 is 0. The van der Waals surface area contributed by atoms with E-state index in [0.717, 1.165) is 18.4 Å². The number of hydrogen-bond acceptors (Lipinski definition) is 6. The maximum absolute atomic E-state index is 12.8. The molecule has 210 valence electrons. The summed E-state index contributed by atoms with van der Waals surface area (Å²) in [4.78, 5) is 12.8. The van der Waals surface area contributed by atoms with Crippen LogP contribution in [0.15, 0.2) is 11.6 Å². The third-order valence-corrected chi connectivity index (χ3v) is 13.4. The summed E-state index contributed by atoms with van der Waals surface area (Å²) in [5.41, 5.74) is -2.32. The molecule has 0 aromatic rings. The normalized spacial score (nSPS) is 52.1. The van der Waals surface area contributed by atoms with Crippen molar-refractivity contribution >= 4 is 5.97 Å². The van der Waals surface area contributed by atoms with Crippen LogP contribution >= 0.6 is 0 Å². The first-order valence-electron chi connectivity index (χ1n) is 14.3. The van der Waals surface area contributed by atoms with Crippen LogP contribution in [-0.2, 0) is 4.79 Å². The molecule has 0 aromatic carbocycles. The molecule has 0 aromatic heterocycles. The summed E-state index contributed by atoms with van der Waals surface area (Å²) in [6.07, 6.45) is 4.43. The number of fused-ring (bicyclic) bond motifs is 7. The highest BCUT2D eigenvalue weighted by Gasteiger charge is 2.72. The minimum Gasteiger partial charge on any atom is -0.481 e. The zero-order valence-electron chi connectivity index (χ0n) is 23.2. The topological polar surface area (TPSA) is 138 Å². The zero-order valence-corrected chi connectivity index (χ0v) is 23.2. The molecule has 0 amide bonds. The molecule has 0 spiro atoms. The van der Waals surface area contributed by atoms with Gasteiger partial charge >= 0.3 is 5.97 Å². The second-order valence-corrected chi connectivity index (χ2v) is 14.9. The fourth-order valence-corrected chi connectivity index (χ4v) is 10.8. The Morgan fingerprint density at radius 1 is 0.892 bits per heavy atom. The molecule has 6 N–H and O–H groups in total. The monoisotopic (exact) mass is 520 g/mol. The summed E-state index contributed by atoms with van der Waals surface area (Å²) in [6.45, 7) is 10.1. The van der Waals surface area contributed by atoms with Crippen molar-refractivity contribution in [1.29, 1.82) is 0 Å². The van der Waals surface area contributed by atoms with Gasteiger partial charge < -0.3 is 30.6 Å². The molecule has 5 aliphatic rings. The van der Waals surface area contributed by atoms with Gasteiger partial charge in [-0.25, -0.2) is 0 Å². The first-order valence-corrected chi connectivity index (χ1v) is 14.3. The van der Waals surface area contributed by atoms with E-state index in [0.29, 0.717) is 38.5 Å². The van der Waals surface area contributed by atoms with E-state index >= 15 is 0 Å². The SMILES string of the molecule is CC1(C)CC[C@]2(C(=O)O)CC[C@]3(C)C(=CC[C@@H]4[C@@]5(C)C[C@@H](O)[C@H](O)C(CO)(CO)[C@@H]5CC[C@]43C)[C@@H]2[C@@H]1O. The van der Waals surface area contributed by atoms with Gasteiger partial charge in [-0.2, -0.15) is 0 Å². The molecular weight excluding hydrogens is 472 g/mol. The average Bonchev–Trinajstić information content (AvgIpc) is 2.83. The molecule has 5 rings (SSSR count). The van der Waals surface area contributed by atoms with Crippen LogP contribution < -0.4 is 0 Å². The molecule has 5 aliphatic carbocycles. The zero-order chi connectivity index (χ0) is 27.4. The largest absolute Gasteiger partial charge is 0.481 e. The number of carboxylic acids is 1. The van der Waals surface area contributed by atoms with E-state index < -0.39 is 46.4 Å². The molecule has 37 heavy (non-hydrogen) atoms. The van der Waals surface area contributed by atoms with Crippen molar-refractivity contribution in [1.82, 2.24) is 0 Å². The number of carbonyl (C=O) groups is 1. The van der Waals surface area contributed by atoms with E-state index in [1.807, 2.05) is 13.8 Å². The van der Waals surface area contributed by atoms with E-state index in [1.54, 1.807) is 0 Å². The van der Waals surface area contributed by atoms with E-state index in [9.17, 15) is 35.4 Å². The van der Waals surface area contributed by atoms with Crippen molar-refractivity contribution < 1.29 is 35.4 Å². The van der Waals surface area contributed by atoms with Gasteiger partial charge in [0.15, 0.2) is 0 Å². The van der Waals surface area contributed by atoms with Crippen LogP contribution in [0.3, 0.4) is 0 Å². The van der Waals surface area contributed by atoms with Crippen LogP contribution in [0.25, 0.3) is 0 Å². The third-order valence-electron chi connectivity index (χ3n) is 13.4. The molecule has 0 bridgehead atoms. The number of aliphatic carboxylic acids is 1. The highest BCUT2D eigenvalue weighted by Crippen LogP contribution is 2.75. The maximum atomic E-state index is 12.8. The predicted molar refractivity (Wildman–Crippen MR) is 138 cm³/mol. The number of carboxylic acid groups (broad SMARTS) is 1. The molecule has 4 fully saturated rings. The van der Waals surface area contributed by atoms with E-state index in [-0.39, 0.29) is 41.3 Å². The molecule has 0 heterocycles. The summed E-state index contributed by atoms with van der Waals surface area (Å²) in [6, 6.07) is 0. The summed E-state index contributed by atoms with van der Waals surface area (Å²) in [5, 5.41) is 65.1. The Morgan fingerprint density at radius 2 is 1.51 bits per heavy atom. The van der Waals surface area contributed by atoms with Crippen LogP contribution in [0.1, 0.15) is 86.0 Å². The van der Waals surface area contributed by atoms with Gasteiger partial charge in [0.25, 0.3) is 0 Å². The van der Waals surface area contributed by atoms with Crippen molar-refractivity contribution in [2.75, 3.05) is 13.2 Å². The second kappa shape index (κ2) is 8.26. The van der Waals surface area contributed by atoms with Gasteiger partial charge in [0.1, 0.15) is 0 Å². The Hall–Kier alpha value is -0.990. The Labute approximate surface area is 221 Å². The first-order chi connectivity index (χ1) is 17.1. The van der Waals surface area contributed by atoms with Crippen molar-refractivity contribution in [3.8, 4) is 0 Å². The molecule has 7 nitrogen and oxygen atoms in total. The van der Waals surface area contributed by atoms with Gasteiger partial charge in [0.05, 0.1) is 36.9 Å². The number of aliphatic hydroxyl groups is 5. The van der Waals surface area contributed by atoms with Gasteiger partial charge in [-0.3, -0.25) is 4.79 Å². The fourth-order valence-electron chi connectivity index (χ4n) is 10.8. The lowest BCUT2D eigenvalue weighted by atomic mass is 9.33. The second-order valence-electron chi connectivity index (χ2n) is 14.9. The lowest BCUT2D eigenvalue weighted by Gasteiger charge is -2.72. The Morgan fingerprint density at radius 3 is 2.11 bits per heavy atom. The summed E-state index contributed by atoms with van der Waals surface area (Å²) >= 11 is 0. The highest BCUT2D eigenvalue weighted by molar-refractivity contribution is 5.77. The molecule has 10 atom stereocenters. The number of hydrogen-bond donors (Lipinski definition) is 6.